The molecule has 0 aliphatic carbocycles. The smallest absolute Gasteiger partial charge is 0.274 e. The van der Waals surface area contributed by atoms with Crippen molar-refractivity contribution in [1.29, 1.82) is 0 Å². The van der Waals surface area contributed by atoms with Crippen molar-refractivity contribution in [2.75, 3.05) is 12.8 Å². The fourth-order valence-corrected chi connectivity index (χ4v) is 2.89. The number of nitrogens with two attached hydrogens (primary N) is 1. The van der Waals surface area contributed by atoms with Gasteiger partial charge in [0.25, 0.3) is 5.91 Å². The van der Waals surface area contributed by atoms with Gasteiger partial charge in [0.05, 0.1) is 29.1 Å². The molecule has 7 heteroatoms. The lowest BCUT2D eigenvalue weighted by molar-refractivity contribution is 0.0776. The second kappa shape index (κ2) is 5.62. The van der Waals surface area contributed by atoms with Gasteiger partial charge in [0.1, 0.15) is 5.69 Å². The molecule has 2 aromatic rings. The van der Waals surface area contributed by atoms with Crippen LogP contribution < -0.4 is 5.73 Å². The fraction of sp³-hybridized carbons (Fsp3) is 0.462. The summed E-state index contributed by atoms with van der Waals surface area (Å²) in [5, 5.41) is 4.28. The van der Waals surface area contributed by atoms with Crippen LogP contribution in [0.2, 0.25) is 0 Å². The number of nitrogens with zero attached hydrogens (tertiary/aromatic N) is 4. The van der Waals surface area contributed by atoms with E-state index in [-0.39, 0.29) is 5.91 Å². The molecule has 0 bridgehead atoms. The summed E-state index contributed by atoms with van der Waals surface area (Å²) >= 11 is 1.55. The van der Waals surface area contributed by atoms with Gasteiger partial charge in [0, 0.05) is 19.0 Å². The van der Waals surface area contributed by atoms with Gasteiger partial charge in [-0.3, -0.25) is 9.48 Å². The Labute approximate surface area is 122 Å². The van der Waals surface area contributed by atoms with Crippen LogP contribution in [0.4, 0.5) is 5.69 Å². The average Bonchev–Trinajstić information content (AvgIpc) is 2.93. The minimum atomic E-state index is -0.120. The molecule has 0 saturated carbocycles. The maximum Gasteiger partial charge on any atom is 0.274 e. The fourth-order valence-electron chi connectivity index (χ4n) is 2.06. The standard InChI is InChI=1S/C13H19N5OS/c1-5-9-11(14)12(18(4)16-9)13(19)17(3)6-10-8(2)15-7-20-10/h7H,5-6,14H2,1-4H3. The first-order valence-corrected chi connectivity index (χ1v) is 7.29. The predicted octanol–water partition coefficient (Wildman–Crippen LogP) is 1.60. The number of nitrogen functional groups attached to an aromatic ring is 1. The van der Waals surface area contributed by atoms with Gasteiger partial charge in [-0.05, 0) is 13.3 Å². The van der Waals surface area contributed by atoms with E-state index in [1.54, 1.807) is 40.5 Å². The zero-order valence-corrected chi connectivity index (χ0v) is 13.0. The van der Waals surface area contributed by atoms with Crippen LogP contribution in [0.5, 0.6) is 0 Å². The molecule has 0 saturated heterocycles. The third-order valence-corrected chi connectivity index (χ3v) is 4.19. The van der Waals surface area contributed by atoms with Gasteiger partial charge in [-0.1, -0.05) is 6.92 Å². The molecule has 0 fully saturated rings. The number of carbonyl (C=O) groups is 1. The van der Waals surface area contributed by atoms with E-state index in [0.29, 0.717) is 24.3 Å². The number of hydrogen-bond acceptors (Lipinski definition) is 5. The topological polar surface area (TPSA) is 77.0 Å². The Morgan fingerprint density at radius 1 is 1.55 bits per heavy atom. The summed E-state index contributed by atoms with van der Waals surface area (Å²) in [4.78, 5) is 19.4. The third-order valence-electron chi connectivity index (χ3n) is 3.27. The van der Waals surface area contributed by atoms with Crippen LogP contribution in [-0.2, 0) is 20.0 Å². The second-order valence-corrected chi connectivity index (χ2v) is 5.65. The van der Waals surface area contributed by atoms with Crippen molar-refractivity contribution in [1.82, 2.24) is 19.7 Å². The molecule has 1 amide bonds. The SMILES string of the molecule is CCc1nn(C)c(C(=O)N(C)Cc2scnc2C)c1N. The molecule has 108 valence electrons. The highest BCUT2D eigenvalue weighted by Gasteiger charge is 2.22. The number of aryl methyl sites for hydroxylation is 3. The molecule has 2 N–H and O–H groups in total. The highest BCUT2D eigenvalue weighted by Crippen LogP contribution is 2.20. The number of anilines is 1. The van der Waals surface area contributed by atoms with Gasteiger partial charge in [0.2, 0.25) is 0 Å². The Bertz CT molecular complexity index is 631. The molecule has 0 aromatic carbocycles. The van der Waals surface area contributed by atoms with Crippen molar-refractivity contribution in [3.05, 3.63) is 27.5 Å². The van der Waals surface area contributed by atoms with Gasteiger partial charge in [-0.25, -0.2) is 4.98 Å². The first kappa shape index (κ1) is 14.5. The minimum Gasteiger partial charge on any atom is -0.395 e. The van der Waals surface area contributed by atoms with Crippen molar-refractivity contribution in [2.45, 2.75) is 26.8 Å². The lowest BCUT2D eigenvalue weighted by Gasteiger charge is -2.17. The van der Waals surface area contributed by atoms with Crippen molar-refractivity contribution in [2.24, 2.45) is 7.05 Å². The van der Waals surface area contributed by atoms with Gasteiger partial charge >= 0.3 is 0 Å². The first-order chi connectivity index (χ1) is 9.45. The summed E-state index contributed by atoms with van der Waals surface area (Å²) in [5.74, 6) is -0.120. The molecule has 2 aromatic heterocycles. The second-order valence-electron chi connectivity index (χ2n) is 4.71. The third kappa shape index (κ3) is 2.53. The van der Waals surface area contributed by atoms with E-state index in [2.05, 4.69) is 10.1 Å². The van der Waals surface area contributed by atoms with E-state index in [1.807, 2.05) is 13.8 Å². The summed E-state index contributed by atoms with van der Waals surface area (Å²) < 4.78 is 1.56. The Morgan fingerprint density at radius 2 is 2.25 bits per heavy atom. The number of thiazole rings is 1. The molecule has 20 heavy (non-hydrogen) atoms. The zero-order chi connectivity index (χ0) is 14.9. The number of aromatic nitrogens is 3. The molecule has 6 nitrogen and oxygen atoms in total. The normalized spacial score (nSPS) is 10.8. The maximum absolute atomic E-state index is 12.5. The molecule has 0 aliphatic rings. The van der Waals surface area contributed by atoms with E-state index in [4.69, 9.17) is 5.73 Å². The molecule has 0 atom stereocenters. The summed E-state index contributed by atoms with van der Waals surface area (Å²) in [6.07, 6.45) is 0.713. The van der Waals surface area contributed by atoms with E-state index >= 15 is 0 Å². The van der Waals surface area contributed by atoms with Crippen LogP contribution in [-0.4, -0.2) is 32.6 Å². The highest BCUT2D eigenvalue weighted by molar-refractivity contribution is 7.09. The Morgan fingerprint density at radius 3 is 2.75 bits per heavy atom. The van der Waals surface area contributed by atoms with Crippen molar-refractivity contribution in [3.8, 4) is 0 Å². The number of hydrogen-bond donors (Lipinski definition) is 1. The zero-order valence-electron chi connectivity index (χ0n) is 12.2. The van der Waals surface area contributed by atoms with Crippen LogP contribution in [0.3, 0.4) is 0 Å². The van der Waals surface area contributed by atoms with Crippen LogP contribution in [0.15, 0.2) is 5.51 Å². The minimum absolute atomic E-state index is 0.120. The molecule has 0 radical (unpaired) electrons. The Hall–Kier alpha value is -1.89. The van der Waals surface area contributed by atoms with Crippen molar-refractivity contribution >= 4 is 22.9 Å². The van der Waals surface area contributed by atoms with Crippen LogP contribution in [0, 0.1) is 6.92 Å². The monoisotopic (exact) mass is 293 g/mol. The molecule has 0 unspecified atom stereocenters. The van der Waals surface area contributed by atoms with E-state index in [9.17, 15) is 4.79 Å². The molecular weight excluding hydrogens is 274 g/mol. The Balaban J connectivity index is 2.23. The maximum atomic E-state index is 12.5. The average molecular weight is 293 g/mol. The quantitative estimate of drug-likeness (QED) is 0.929. The summed E-state index contributed by atoms with van der Waals surface area (Å²) in [6.45, 7) is 4.44. The van der Waals surface area contributed by atoms with E-state index in [1.165, 1.54) is 0 Å². The van der Waals surface area contributed by atoms with Crippen molar-refractivity contribution < 1.29 is 4.79 Å². The summed E-state index contributed by atoms with van der Waals surface area (Å²) in [5.41, 5.74) is 10.5. The van der Waals surface area contributed by atoms with Crippen molar-refractivity contribution in [3.63, 3.8) is 0 Å². The van der Waals surface area contributed by atoms with Crippen LogP contribution in [0.1, 0.15) is 33.7 Å². The largest absolute Gasteiger partial charge is 0.395 e. The first-order valence-electron chi connectivity index (χ1n) is 6.41. The van der Waals surface area contributed by atoms with Gasteiger partial charge < -0.3 is 10.6 Å². The lowest BCUT2D eigenvalue weighted by atomic mass is 10.2. The van der Waals surface area contributed by atoms with Crippen LogP contribution >= 0.6 is 11.3 Å². The number of carbonyl (C=O) groups excluding carboxylic acids is 1. The van der Waals surface area contributed by atoms with Crippen LogP contribution in [0.25, 0.3) is 0 Å². The summed E-state index contributed by atoms with van der Waals surface area (Å²) in [6, 6.07) is 0. The molecule has 0 aliphatic heterocycles. The molecule has 0 spiro atoms. The highest BCUT2D eigenvalue weighted by atomic mass is 32.1. The van der Waals surface area contributed by atoms with E-state index in [0.717, 1.165) is 16.3 Å². The van der Waals surface area contributed by atoms with Gasteiger partial charge in [-0.2, -0.15) is 5.10 Å². The number of amides is 1. The predicted molar refractivity (Wildman–Crippen MR) is 79.6 cm³/mol. The number of rotatable bonds is 4. The van der Waals surface area contributed by atoms with Gasteiger partial charge in [-0.15, -0.1) is 11.3 Å². The molecule has 2 rings (SSSR count). The molecule has 2 heterocycles. The van der Waals surface area contributed by atoms with E-state index < -0.39 is 0 Å². The van der Waals surface area contributed by atoms with Gasteiger partial charge in [0.15, 0.2) is 0 Å². The Kier molecular flexibility index (Phi) is 4.08. The summed E-state index contributed by atoms with van der Waals surface area (Å²) in [7, 11) is 3.51. The molecular formula is C13H19N5OS. The lowest BCUT2D eigenvalue weighted by Crippen LogP contribution is -2.28.